The van der Waals surface area contributed by atoms with Gasteiger partial charge in [-0.05, 0) is 56.4 Å². The normalized spacial score (nSPS) is 15.5. The van der Waals surface area contributed by atoms with Gasteiger partial charge in [0, 0.05) is 16.8 Å². The maximum atomic E-state index is 13.8. The number of imide groups is 1. The highest BCUT2D eigenvalue weighted by Gasteiger charge is 2.44. The number of H-pyrrole nitrogens is 1. The van der Waals surface area contributed by atoms with Gasteiger partial charge in [0.2, 0.25) is 11.7 Å². The number of para-hydroxylation sites is 1. The van der Waals surface area contributed by atoms with E-state index >= 15 is 0 Å². The van der Waals surface area contributed by atoms with Crippen LogP contribution in [0, 0.1) is 5.92 Å². The molecule has 2 amide bonds. The van der Waals surface area contributed by atoms with Crippen molar-refractivity contribution in [2.24, 2.45) is 5.92 Å². The molecule has 0 spiro atoms. The number of rotatable bonds is 20. The van der Waals surface area contributed by atoms with Gasteiger partial charge in [-0.25, -0.2) is 9.69 Å². The maximum Gasteiger partial charge on any atom is 0.315 e. The summed E-state index contributed by atoms with van der Waals surface area (Å²) in [6.45, 7) is 2.25. The molecule has 12 heteroatoms. The third-order valence-electron chi connectivity index (χ3n) is 8.76. The Morgan fingerprint density at radius 3 is 2.12 bits per heavy atom. The zero-order valence-electron chi connectivity index (χ0n) is 28.0. The van der Waals surface area contributed by atoms with Gasteiger partial charge in [-0.15, -0.1) is 11.6 Å². The lowest BCUT2D eigenvalue weighted by Gasteiger charge is -2.31. The number of benzene rings is 2. The van der Waals surface area contributed by atoms with E-state index < -0.39 is 29.0 Å². The van der Waals surface area contributed by atoms with Crippen LogP contribution in [0.1, 0.15) is 103 Å². The number of amides is 2. The van der Waals surface area contributed by atoms with Crippen LogP contribution >= 0.6 is 46.4 Å². The Bertz CT molecular complexity index is 1600. The predicted octanol–water partition coefficient (Wildman–Crippen LogP) is 10.9. The number of alkyl halides is 1. The third-order valence-corrected chi connectivity index (χ3v) is 9.95. The number of unbranched alkanes of at least 4 members (excludes halogenated alkanes) is 10. The minimum absolute atomic E-state index is 0.0479. The van der Waals surface area contributed by atoms with Crippen LogP contribution in [-0.2, 0) is 9.59 Å². The highest BCUT2D eigenvalue weighted by atomic mass is 35.5. The van der Waals surface area contributed by atoms with Gasteiger partial charge in [0.05, 0.1) is 21.7 Å². The highest BCUT2D eigenvalue weighted by molar-refractivity contribution is 6.40. The molecule has 1 aliphatic heterocycles. The number of carbonyl (C=O) groups excluding carboxylic acids is 2. The Kier molecular flexibility index (Phi) is 15.5. The number of allylic oxidation sites excluding steroid dienone is 2. The van der Waals surface area contributed by atoms with Crippen LogP contribution in [0.5, 0.6) is 5.75 Å². The summed E-state index contributed by atoms with van der Waals surface area (Å²) in [4.78, 5) is 40.5. The second-order valence-corrected chi connectivity index (χ2v) is 14.5. The fourth-order valence-corrected chi connectivity index (χ4v) is 7.47. The molecule has 1 aliphatic rings. The molecule has 1 aromatic heterocycles. The molecular formula is C37H46Cl4N4O4. The topological polar surface area (TPSA) is 98.6 Å². The van der Waals surface area contributed by atoms with E-state index in [1.54, 1.807) is 30.3 Å². The molecule has 2 aromatic carbocycles. The second-order valence-electron chi connectivity index (χ2n) is 12.6. The van der Waals surface area contributed by atoms with Gasteiger partial charge in [0.1, 0.15) is 5.69 Å². The molecule has 1 saturated heterocycles. The number of hydrazine groups is 1. The Morgan fingerprint density at radius 1 is 0.898 bits per heavy atom. The average Bonchev–Trinajstić information content (AvgIpc) is 3.50. The summed E-state index contributed by atoms with van der Waals surface area (Å²) < 4.78 is 0.947. The number of halogens is 4. The lowest BCUT2D eigenvalue weighted by atomic mass is 9.99. The smallest absolute Gasteiger partial charge is 0.315 e. The number of aromatic amines is 1. The summed E-state index contributed by atoms with van der Waals surface area (Å²) in [5.41, 5.74) is -0.483. The van der Waals surface area contributed by atoms with Crippen molar-refractivity contribution >= 4 is 69.7 Å². The molecule has 0 aliphatic carbocycles. The number of nitrogens with zero attached hydrogens (tertiary/aromatic N) is 3. The summed E-state index contributed by atoms with van der Waals surface area (Å²) in [5.74, 6) is -2.58. The van der Waals surface area contributed by atoms with Crippen molar-refractivity contribution in [3.8, 4) is 11.4 Å². The van der Waals surface area contributed by atoms with Crippen LogP contribution in [0.4, 0.5) is 11.5 Å². The van der Waals surface area contributed by atoms with Gasteiger partial charge in [0.25, 0.3) is 5.91 Å². The fraction of sp³-hybridized carbons (Fsp3) is 0.486. The van der Waals surface area contributed by atoms with E-state index in [0.29, 0.717) is 18.5 Å². The Morgan fingerprint density at radius 2 is 1.49 bits per heavy atom. The number of aromatic hydroxyl groups is 1. The van der Waals surface area contributed by atoms with E-state index in [2.05, 4.69) is 24.2 Å². The van der Waals surface area contributed by atoms with Crippen molar-refractivity contribution in [3.63, 3.8) is 0 Å². The molecule has 2 atom stereocenters. The first-order valence-electron chi connectivity index (χ1n) is 17.3. The Hall–Kier alpha value is -2.91. The van der Waals surface area contributed by atoms with E-state index in [-0.39, 0.29) is 38.4 Å². The first kappa shape index (κ1) is 38.9. The van der Waals surface area contributed by atoms with E-state index in [9.17, 15) is 19.5 Å². The van der Waals surface area contributed by atoms with E-state index in [4.69, 9.17) is 46.4 Å². The van der Waals surface area contributed by atoms with Gasteiger partial charge in [-0.2, -0.15) is 5.01 Å². The van der Waals surface area contributed by atoms with Gasteiger partial charge >= 0.3 is 5.56 Å². The van der Waals surface area contributed by atoms with E-state index in [1.165, 1.54) is 81.3 Å². The number of aromatic nitrogens is 2. The molecule has 49 heavy (non-hydrogen) atoms. The summed E-state index contributed by atoms with van der Waals surface area (Å²) in [7, 11) is 0. The number of hydrogen-bond acceptors (Lipinski definition) is 5. The third kappa shape index (κ3) is 10.5. The van der Waals surface area contributed by atoms with E-state index in [1.807, 2.05) is 0 Å². The van der Waals surface area contributed by atoms with Crippen LogP contribution in [0.25, 0.3) is 5.69 Å². The predicted molar refractivity (Wildman–Crippen MR) is 201 cm³/mol. The SMILES string of the molecule is CCCCCCCCCCCCC=CCCC(Cl)CC1CC(=O)N(N(c2ccccc2)c2[nH]n(-c3c(Cl)cc(Cl)cc3Cl)c(=O)c2O)C1=O. The molecule has 0 radical (unpaired) electrons. The van der Waals surface area contributed by atoms with Gasteiger partial charge in [-0.3, -0.25) is 19.5 Å². The largest absolute Gasteiger partial charge is 0.500 e. The number of carbonyl (C=O) groups is 2. The molecule has 2 N–H and O–H groups in total. The molecule has 1 fully saturated rings. The molecule has 0 saturated carbocycles. The van der Waals surface area contributed by atoms with Crippen molar-refractivity contribution in [2.45, 2.75) is 109 Å². The lowest BCUT2D eigenvalue weighted by molar-refractivity contribution is -0.139. The van der Waals surface area contributed by atoms with Crippen LogP contribution in [0.3, 0.4) is 0 Å². The van der Waals surface area contributed by atoms with Crippen molar-refractivity contribution in [2.75, 3.05) is 5.01 Å². The molecule has 8 nitrogen and oxygen atoms in total. The van der Waals surface area contributed by atoms with Crippen LogP contribution in [0.15, 0.2) is 59.4 Å². The Labute approximate surface area is 308 Å². The maximum absolute atomic E-state index is 13.8. The minimum Gasteiger partial charge on any atom is -0.500 e. The standard InChI is InChI=1S/C37H46Cl4N4O4/c1-2-3-4-5-6-7-8-9-10-11-12-13-14-16-19-27(38)22-26-23-32(46)45(36(26)48)44(29-20-17-15-18-21-29)35-34(47)37(49)43(42-35)33-30(40)24-28(39)25-31(33)41/h13-15,17-18,20-21,24-27,42,47H,2-12,16,19,22-23H2,1H3. The minimum atomic E-state index is -0.889. The number of anilines is 2. The zero-order chi connectivity index (χ0) is 35.3. The molecule has 266 valence electrons. The average molecular weight is 753 g/mol. The van der Waals surface area contributed by atoms with Crippen molar-refractivity contribution in [3.05, 3.63) is 80.0 Å². The Balaban J connectivity index is 1.35. The van der Waals surface area contributed by atoms with Gasteiger partial charge in [-0.1, -0.05) is 130 Å². The number of nitrogens with one attached hydrogen (secondary N) is 1. The molecular weight excluding hydrogens is 706 g/mol. The monoisotopic (exact) mass is 750 g/mol. The van der Waals surface area contributed by atoms with E-state index in [0.717, 1.165) is 22.5 Å². The van der Waals surface area contributed by atoms with Crippen LogP contribution in [-0.4, -0.2) is 37.1 Å². The molecule has 2 unspecified atom stereocenters. The quantitative estimate of drug-likeness (QED) is 0.0518. The first-order chi connectivity index (χ1) is 23.6. The highest BCUT2D eigenvalue weighted by Crippen LogP contribution is 2.38. The van der Waals surface area contributed by atoms with Crippen LogP contribution < -0.4 is 10.6 Å². The van der Waals surface area contributed by atoms with Crippen molar-refractivity contribution in [1.82, 2.24) is 14.8 Å². The van der Waals surface area contributed by atoms with Crippen molar-refractivity contribution in [1.29, 1.82) is 0 Å². The molecule has 3 aromatic rings. The lowest BCUT2D eigenvalue weighted by Crippen LogP contribution is -2.44. The van der Waals surface area contributed by atoms with Gasteiger partial charge < -0.3 is 5.11 Å². The molecule has 2 heterocycles. The second kappa shape index (κ2) is 19.5. The summed E-state index contributed by atoms with van der Waals surface area (Å²) in [6, 6.07) is 11.3. The fourth-order valence-electron chi connectivity index (χ4n) is 6.15. The van der Waals surface area contributed by atoms with Crippen LogP contribution in [0.2, 0.25) is 15.1 Å². The summed E-state index contributed by atoms with van der Waals surface area (Å²) >= 11 is 25.5. The number of hydrogen-bond donors (Lipinski definition) is 2. The zero-order valence-corrected chi connectivity index (χ0v) is 31.0. The summed E-state index contributed by atoms with van der Waals surface area (Å²) in [6.07, 6.45) is 20.3. The summed E-state index contributed by atoms with van der Waals surface area (Å²) in [5, 5.41) is 16.1. The van der Waals surface area contributed by atoms with Crippen molar-refractivity contribution < 1.29 is 14.7 Å². The molecule has 0 bridgehead atoms. The first-order valence-corrected chi connectivity index (χ1v) is 18.9. The van der Waals surface area contributed by atoms with Gasteiger partial charge in [0.15, 0.2) is 5.82 Å². The molecule has 4 rings (SSSR count).